The highest BCUT2D eigenvalue weighted by Gasteiger charge is 2.28. The van der Waals surface area contributed by atoms with Gasteiger partial charge in [0.15, 0.2) is 11.5 Å². The van der Waals surface area contributed by atoms with Gasteiger partial charge in [0.2, 0.25) is 0 Å². The zero-order valence-corrected chi connectivity index (χ0v) is 9.03. The van der Waals surface area contributed by atoms with Gasteiger partial charge in [0.25, 0.3) is 4.92 Å². The zero-order valence-electron chi connectivity index (χ0n) is 8.21. The highest BCUT2D eigenvalue weighted by Crippen LogP contribution is 2.28. The molecule has 7 heteroatoms. The molecule has 2 N–H and O–H groups in total. The third-order valence-corrected chi connectivity index (χ3v) is 3.39. The number of fused-ring (bicyclic) bond motifs is 1. The number of furan rings is 1. The largest absolute Gasteiger partial charge is 0.480 e. The Kier molecular flexibility index (Phi) is 1.93. The molecule has 0 spiro atoms. The molecular weight excluding hydrogens is 230 g/mol. The van der Waals surface area contributed by atoms with Gasteiger partial charge in [-0.2, -0.15) is 0 Å². The van der Waals surface area contributed by atoms with Gasteiger partial charge in [-0.05, 0) is 6.07 Å². The van der Waals surface area contributed by atoms with E-state index in [2.05, 4.69) is 9.88 Å². The SMILES string of the molecule is O=[N+](O)c1ccc(-c2csc3[n+]2CCN3)o1. The molecular formula is C9H9N3O3S+2. The molecule has 2 aromatic heterocycles. The van der Waals surface area contributed by atoms with Gasteiger partial charge in [-0.15, -0.1) is 0 Å². The first-order chi connectivity index (χ1) is 7.75. The monoisotopic (exact) mass is 239 g/mol. The molecule has 0 radical (unpaired) electrons. The Hall–Kier alpha value is -1.89. The number of aromatic nitrogens is 1. The van der Waals surface area contributed by atoms with E-state index in [0.29, 0.717) is 5.76 Å². The second-order valence-electron chi connectivity index (χ2n) is 3.42. The topological polar surface area (TPSA) is 69.4 Å². The Labute approximate surface area is 94.3 Å². The summed E-state index contributed by atoms with van der Waals surface area (Å²) in [5.41, 5.74) is 0.915. The van der Waals surface area contributed by atoms with E-state index in [1.165, 1.54) is 6.07 Å². The van der Waals surface area contributed by atoms with E-state index in [1.807, 2.05) is 5.38 Å². The van der Waals surface area contributed by atoms with Crippen LogP contribution in [0.4, 0.5) is 11.0 Å². The smallest absolute Gasteiger partial charge is 0.394 e. The van der Waals surface area contributed by atoms with E-state index >= 15 is 0 Å². The second-order valence-corrected chi connectivity index (χ2v) is 4.27. The molecule has 0 fully saturated rings. The summed E-state index contributed by atoms with van der Waals surface area (Å²) in [7, 11) is 0. The molecule has 2 aromatic rings. The predicted octanol–water partition coefficient (Wildman–Crippen LogP) is 1.52. The van der Waals surface area contributed by atoms with Crippen LogP contribution in [0.3, 0.4) is 0 Å². The molecule has 82 valence electrons. The van der Waals surface area contributed by atoms with Gasteiger partial charge < -0.3 is 4.42 Å². The van der Waals surface area contributed by atoms with E-state index in [-0.39, 0.29) is 10.8 Å². The second kappa shape index (κ2) is 3.31. The van der Waals surface area contributed by atoms with Crippen LogP contribution in [0.15, 0.2) is 21.9 Å². The highest BCUT2D eigenvalue weighted by atomic mass is 32.1. The molecule has 1 aliphatic heterocycles. The third kappa shape index (κ3) is 1.28. The number of hydrogen-bond acceptors (Lipinski definition) is 4. The van der Waals surface area contributed by atoms with Crippen molar-refractivity contribution >= 4 is 22.4 Å². The predicted molar refractivity (Wildman–Crippen MR) is 55.8 cm³/mol. The van der Waals surface area contributed by atoms with Crippen molar-refractivity contribution in [3.05, 3.63) is 22.4 Å². The van der Waals surface area contributed by atoms with Crippen molar-refractivity contribution in [3.63, 3.8) is 0 Å². The normalized spacial score (nSPS) is 13.5. The summed E-state index contributed by atoms with van der Waals surface area (Å²) in [5.74, 6) is 0.470. The fourth-order valence-corrected chi connectivity index (χ4v) is 2.71. The number of nitrogens with zero attached hydrogens (tertiary/aromatic N) is 2. The first-order valence-electron chi connectivity index (χ1n) is 4.77. The molecule has 0 aliphatic carbocycles. The van der Waals surface area contributed by atoms with E-state index in [9.17, 15) is 4.91 Å². The molecule has 3 heterocycles. The molecule has 6 nitrogen and oxygen atoms in total. The minimum absolute atomic E-state index is 0.110. The van der Waals surface area contributed by atoms with Crippen molar-refractivity contribution in [1.29, 1.82) is 0 Å². The lowest BCUT2D eigenvalue weighted by Crippen LogP contribution is -2.30. The molecule has 0 atom stereocenters. The number of nitrogens with one attached hydrogen (secondary N) is 1. The van der Waals surface area contributed by atoms with Crippen LogP contribution in [0, 0.1) is 4.91 Å². The van der Waals surface area contributed by atoms with E-state index < -0.39 is 0 Å². The Bertz CT molecular complexity index is 560. The lowest BCUT2D eigenvalue weighted by Gasteiger charge is -1.91. The maximum atomic E-state index is 10.6. The number of hydrogen-bond donors (Lipinski definition) is 2. The third-order valence-electron chi connectivity index (χ3n) is 2.46. The van der Waals surface area contributed by atoms with Crippen LogP contribution in [-0.2, 0) is 6.54 Å². The molecule has 3 rings (SSSR count). The average molecular weight is 239 g/mol. The van der Waals surface area contributed by atoms with Gasteiger partial charge in [0, 0.05) is 5.38 Å². The van der Waals surface area contributed by atoms with Crippen molar-refractivity contribution in [1.82, 2.24) is 0 Å². The van der Waals surface area contributed by atoms with Crippen LogP contribution in [0.2, 0.25) is 0 Å². The summed E-state index contributed by atoms with van der Waals surface area (Å²) < 4.78 is 7.32. The molecule has 16 heavy (non-hydrogen) atoms. The minimum Gasteiger partial charge on any atom is -0.394 e. The first kappa shape index (κ1) is 9.34. The Morgan fingerprint density at radius 2 is 2.44 bits per heavy atom. The summed E-state index contributed by atoms with van der Waals surface area (Å²) in [6.45, 7) is 1.78. The molecule has 1 aliphatic rings. The number of rotatable bonds is 2. The summed E-state index contributed by atoms with van der Waals surface area (Å²) in [5, 5.41) is 15.0. The quantitative estimate of drug-likeness (QED) is 0.616. The van der Waals surface area contributed by atoms with Crippen molar-refractivity contribution in [2.24, 2.45) is 0 Å². The van der Waals surface area contributed by atoms with Crippen LogP contribution in [-0.4, -0.2) is 16.7 Å². The average Bonchev–Trinajstić information content (AvgIpc) is 2.92. The van der Waals surface area contributed by atoms with Gasteiger partial charge in [-0.3, -0.25) is 5.32 Å². The van der Waals surface area contributed by atoms with Gasteiger partial charge >= 0.3 is 11.0 Å². The van der Waals surface area contributed by atoms with Gasteiger partial charge in [0.05, 0.1) is 11.0 Å². The minimum atomic E-state index is -0.279. The maximum absolute atomic E-state index is 10.6. The van der Waals surface area contributed by atoms with Crippen LogP contribution >= 0.6 is 11.3 Å². The number of anilines is 1. The fraction of sp³-hybridized carbons (Fsp3) is 0.222. The van der Waals surface area contributed by atoms with Crippen molar-refractivity contribution in [3.8, 4) is 11.5 Å². The van der Waals surface area contributed by atoms with E-state index in [4.69, 9.17) is 9.62 Å². The molecule has 0 amide bonds. The van der Waals surface area contributed by atoms with Crippen molar-refractivity contribution < 1.29 is 19.1 Å². The Morgan fingerprint density at radius 1 is 1.56 bits per heavy atom. The molecule has 0 bridgehead atoms. The van der Waals surface area contributed by atoms with E-state index in [1.54, 1.807) is 17.4 Å². The fourth-order valence-electron chi connectivity index (χ4n) is 1.74. The van der Waals surface area contributed by atoms with Crippen LogP contribution < -0.4 is 9.88 Å². The molecule has 0 unspecified atom stereocenters. The summed E-state index contributed by atoms with van der Waals surface area (Å²) >= 11 is 1.59. The van der Waals surface area contributed by atoms with Gasteiger partial charge in [-0.25, -0.2) is 9.77 Å². The number of thiazole rings is 1. The summed E-state index contributed by atoms with van der Waals surface area (Å²) in [6, 6.07) is 3.11. The van der Waals surface area contributed by atoms with Crippen LogP contribution in [0.25, 0.3) is 11.5 Å². The van der Waals surface area contributed by atoms with Gasteiger partial charge in [-0.1, -0.05) is 11.3 Å². The van der Waals surface area contributed by atoms with Crippen LogP contribution in [0.1, 0.15) is 0 Å². The standard InChI is InChI=1S/C9H8N3O3S/c13-12(14)8-2-1-7(15-8)6-5-16-9-10-3-4-11(6)9/h1-2,5H,3-4H2,(H,13,14)/q+1/p+1. The highest BCUT2D eigenvalue weighted by molar-refractivity contribution is 7.13. The van der Waals surface area contributed by atoms with Crippen molar-refractivity contribution in [2.45, 2.75) is 6.54 Å². The Morgan fingerprint density at radius 3 is 3.19 bits per heavy atom. The summed E-state index contributed by atoms with van der Waals surface area (Å²) in [4.78, 5) is 10.3. The van der Waals surface area contributed by atoms with E-state index in [0.717, 1.165) is 23.9 Å². The lowest BCUT2D eigenvalue weighted by molar-refractivity contribution is -0.737. The lowest BCUT2D eigenvalue weighted by atomic mass is 10.3. The molecule has 0 saturated carbocycles. The first-order valence-corrected chi connectivity index (χ1v) is 5.65. The van der Waals surface area contributed by atoms with Crippen molar-refractivity contribution in [2.75, 3.05) is 11.9 Å². The van der Waals surface area contributed by atoms with Gasteiger partial charge in [0.1, 0.15) is 13.1 Å². The maximum Gasteiger partial charge on any atom is 0.480 e. The summed E-state index contributed by atoms with van der Waals surface area (Å²) in [6.07, 6.45) is 0. The Balaban J connectivity index is 2.05. The van der Waals surface area contributed by atoms with Crippen LogP contribution in [0.5, 0.6) is 0 Å². The zero-order chi connectivity index (χ0) is 11.1. The molecule has 0 saturated heterocycles. The molecule has 0 aromatic carbocycles.